The van der Waals surface area contributed by atoms with Gasteiger partial charge in [-0.1, -0.05) is 0 Å². The van der Waals surface area contributed by atoms with Gasteiger partial charge < -0.3 is 15.3 Å². The molecule has 0 radical (unpaired) electrons. The Hall–Kier alpha value is -1.13. The number of hydrogen-bond donors (Lipinski definition) is 2. The van der Waals surface area contributed by atoms with Crippen molar-refractivity contribution in [2.45, 2.75) is 44.3 Å². The molecule has 4 heteroatoms. The van der Waals surface area contributed by atoms with Crippen molar-refractivity contribution in [3.05, 3.63) is 24.0 Å². The molecule has 1 aliphatic heterocycles. The number of nitrogens with zero attached hydrogens (tertiary/aromatic N) is 2. The van der Waals surface area contributed by atoms with Crippen LogP contribution in [-0.2, 0) is 6.54 Å². The SMILES string of the molecule is Oc1ccc(CNC2CCN(C3CC3)CC2)nc1. The Labute approximate surface area is 108 Å². The largest absolute Gasteiger partial charge is 0.506 e. The molecule has 1 aliphatic carbocycles. The Bertz CT molecular complexity index is 381. The summed E-state index contributed by atoms with van der Waals surface area (Å²) in [4.78, 5) is 6.83. The zero-order valence-electron chi connectivity index (χ0n) is 10.7. The van der Waals surface area contributed by atoms with E-state index in [1.807, 2.05) is 6.07 Å². The van der Waals surface area contributed by atoms with E-state index in [9.17, 15) is 5.11 Å². The standard InChI is InChI=1S/C14H21N3O/c18-14-4-1-12(16-10-14)9-15-11-5-7-17(8-6-11)13-2-3-13/h1,4,10-11,13,15,18H,2-3,5-9H2. The summed E-state index contributed by atoms with van der Waals surface area (Å²) in [5, 5.41) is 12.7. The molecule has 1 saturated heterocycles. The number of aromatic hydroxyl groups is 1. The van der Waals surface area contributed by atoms with Crippen LogP contribution in [0.4, 0.5) is 0 Å². The van der Waals surface area contributed by atoms with Gasteiger partial charge in [0.15, 0.2) is 0 Å². The maximum absolute atomic E-state index is 9.17. The van der Waals surface area contributed by atoms with Gasteiger partial charge in [0.2, 0.25) is 0 Å². The zero-order chi connectivity index (χ0) is 12.4. The molecule has 1 saturated carbocycles. The third-order valence-corrected chi connectivity index (χ3v) is 3.97. The normalized spacial score (nSPS) is 22.2. The van der Waals surface area contributed by atoms with Gasteiger partial charge in [0.1, 0.15) is 5.75 Å². The van der Waals surface area contributed by atoms with Crippen molar-refractivity contribution in [1.82, 2.24) is 15.2 Å². The molecule has 98 valence electrons. The maximum Gasteiger partial charge on any atom is 0.133 e. The highest BCUT2D eigenvalue weighted by Crippen LogP contribution is 2.29. The Kier molecular flexibility index (Phi) is 3.48. The summed E-state index contributed by atoms with van der Waals surface area (Å²) in [5.41, 5.74) is 0.998. The first-order valence-electron chi connectivity index (χ1n) is 6.92. The molecule has 0 atom stereocenters. The monoisotopic (exact) mass is 247 g/mol. The van der Waals surface area contributed by atoms with E-state index in [-0.39, 0.29) is 5.75 Å². The highest BCUT2D eigenvalue weighted by atomic mass is 16.3. The van der Waals surface area contributed by atoms with Crippen LogP contribution in [0.5, 0.6) is 5.75 Å². The fourth-order valence-electron chi connectivity index (χ4n) is 2.68. The van der Waals surface area contributed by atoms with Crippen LogP contribution in [0.15, 0.2) is 18.3 Å². The van der Waals surface area contributed by atoms with Crippen LogP contribution in [0, 0.1) is 0 Å². The van der Waals surface area contributed by atoms with Gasteiger partial charge >= 0.3 is 0 Å². The van der Waals surface area contributed by atoms with Crippen molar-refractivity contribution in [3.8, 4) is 5.75 Å². The summed E-state index contributed by atoms with van der Waals surface area (Å²) in [7, 11) is 0. The summed E-state index contributed by atoms with van der Waals surface area (Å²) in [6, 6.07) is 5.10. The van der Waals surface area contributed by atoms with E-state index < -0.39 is 0 Å². The minimum absolute atomic E-state index is 0.233. The smallest absolute Gasteiger partial charge is 0.133 e. The second-order valence-electron chi connectivity index (χ2n) is 5.43. The predicted molar refractivity (Wildman–Crippen MR) is 70.4 cm³/mol. The van der Waals surface area contributed by atoms with E-state index in [4.69, 9.17) is 0 Å². The lowest BCUT2D eigenvalue weighted by atomic mass is 10.0. The Morgan fingerprint density at radius 2 is 2.00 bits per heavy atom. The molecule has 2 aliphatic rings. The second-order valence-corrected chi connectivity index (χ2v) is 5.43. The van der Waals surface area contributed by atoms with Crippen LogP contribution in [-0.4, -0.2) is 40.2 Å². The van der Waals surface area contributed by atoms with Gasteiger partial charge in [-0.3, -0.25) is 4.98 Å². The van der Waals surface area contributed by atoms with Gasteiger partial charge in [-0.15, -0.1) is 0 Å². The van der Waals surface area contributed by atoms with Crippen LogP contribution >= 0.6 is 0 Å². The molecule has 18 heavy (non-hydrogen) atoms. The molecule has 1 aromatic heterocycles. The predicted octanol–water partition coefficient (Wildman–Crippen LogP) is 1.50. The molecule has 0 amide bonds. The fourth-order valence-corrected chi connectivity index (χ4v) is 2.68. The second kappa shape index (κ2) is 5.24. The molecule has 0 unspecified atom stereocenters. The lowest BCUT2D eigenvalue weighted by Crippen LogP contribution is -2.43. The fraction of sp³-hybridized carbons (Fsp3) is 0.643. The minimum atomic E-state index is 0.233. The van der Waals surface area contributed by atoms with Gasteiger partial charge in [-0.05, 0) is 50.9 Å². The molecule has 4 nitrogen and oxygen atoms in total. The van der Waals surface area contributed by atoms with Crippen LogP contribution < -0.4 is 5.32 Å². The van der Waals surface area contributed by atoms with E-state index in [1.54, 1.807) is 6.07 Å². The lowest BCUT2D eigenvalue weighted by Gasteiger charge is -2.32. The molecular weight excluding hydrogens is 226 g/mol. The van der Waals surface area contributed by atoms with Gasteiger partial charge in [0.25, 0.3) is 0 Å². The zero-order valence-corrected chi connectivity index (χ0v) is 10.7. The average Bonchev–Trinajstić information content (AvgIpc) is 3.23. The van der Waals surface area contributed by atoms with Crippen molar-refractivity contribution >= 4 is 0 Å². The molecule has 2 heterocycles. The Morgan fingerprint density at radius 1 is 1.22 bits per heavy atom. The molecule has 0 bridgehead atoms. The van der Waals surface area contributed by atoms with E-state index >= 15 is 0 Å². The minimum Gasteiger partial charge on any atom is -0.506 e. The van der Waals surface area contributed by atoms with Crippen molar-refractivity contribution in [2.75, 3.05) is 13.1 Å². The van der Waals surface area contributed by atoms with Crippen LogP contribution in [0.25, 0.3) is 0 Å². The quantitative estimate of drug-likeness (QED) is 0.846. The molecular formula is C14H21N3O. The summed E-state index contributed by atoms with van der Waals surface area (Å²) in [6.07, 6.45) is 6.82. The van der Waals surface area contributed by atoms with Crippen molar-refractivity contribution in [1.29, 1.82) is 0 Å². The Balaban J connectivity index is 1.42. The number of piperidine rings is 1. The number of pyridine rings is 1. The first-order valence-corrected chi connectivity index (χ1v) is 6.92. The number of nitrogens with one attached hydrogen (secondary N) is 1. The average molecular weight is 247 g/mol. The molecule has 1 aromatic rings. The third kappa shape index (κ3) is 3.00. The van der Waals surface area contributed by atoms with Crippen LogP contribution in [0.2, 0.25) is 0 Å². The molecule has 2 fully saturated rings. The van der Waals surface area contributed by atoms with E-state index in [1.165, 1.54) is 45.0 Å². The highest BCUT2D eigenvalue weighted by Gasteiger charge is 2.31. The van der Waals surface area contributed by atoms with Gasteiger partial charge in [0.05, 0.1) is 11.9 Å². The van der Waals surface area contributed by atoms with Crippen molar-refractivity contribution in [2.24, 2.45) is 0 Å². The van der Waals surface area contributed by atoms with Gasteiger partial charge in [0, 0.05) is 18.6 Å². The maximum atomic E-state index is 9.17. The molecule has 0 spiro atoms. The van der Waals surface area contributed by atoms with Crippen molar-refractivity contribution in [3.63, 3.8) is 0 Å². The van der Waals surface area contributed by atoms with Crippen molar-refractivity contribution < 1.29 is 5.11 Å². The van der Waals surface area contributed by atoms with E-state index in [0.717, 1.165) is 18.3 Å². The summed E-state index contributed by atoms with van der Waals surface area (Å²) < 4.78 is 0. The van der Waals surface area contributed by atoms with Gasteiger partial charge in [-0.25, -0.2) is 0 Å². The molecule has 2 N–H and O–H groups in total. The number of likely N-dealkylation sites (tertiary alicyclic amines) is 1. The first kappa shape index (κ1) is 11.9. The summed E-state index contributed by atoms with van der Waals surface area (Å²) in [5.74, 6) is 0.233. The third-order valence-electron chi connectivity index (χ3n) is 3.97. The molecule has 3 rings (SSSR count). The van der Waals surface area contributed by atoms with Gasteiger partial charge in [-0.2, -0.15) is 0 Å². The number of aromatic nitrogens is 1. The lowest BCUT2D eigenvalue weighted by molar-refractivity contribution is 0.189. The highest BCUT2D eigenvalue weighted by molar-refractivity contribution is 5.17. The molecule has 0 aromatic carbocycles. The topological polar surface area (TPSA) is 48.4 Å². The van der Waals surface area contributed by atoms with Crippen LogP contribution in [0.1, 0.15) is 31.4 Å². The van der Waals surface area contributed by atoms with E-state index in [0.29, 0.717) is 6.04 Å². The first-order chi connectivity index (χ1) is 8.81. The van der Waals surface area contributed by atoms with Crippen LogP contribution in [0.3, 0.4) is 0 Å². The number of rotatable bonds is 4. The van der Waals surface area contributed by atoms with E-state index in [2.05, 4.69) is 15.2 Å². The number of hydrogen-bond acceptors (Lipinski definition) is 4. The summed E-state index contributed by atoms with van der Waals surface area (Å²) in [6.45, 7) is 3.28. The summed E-state index contributed by atoms with van der Waals surface area (Å²) >= 11 is 0. The Morgan fingerprint density at radius 3 is 2.61 bits per heavy atom.